The lowest BCUT2D eigenvalue weighted by atomic mass is 9.78. The summed E-state index contributed by atoms with van der Waals surface area (Å²) in [5.74, 6) is 6.12. The summed E-state index contributed by atoms with van der Waals surface area (Å²) in [7, 11) is 0. The maximum absolute atomic E-state index is 13.8. The molecule has 0 radical (unpaired) electrons. The normalized spacial score (nSPS) is 18.8. The molecule has 0 spiro atoms. The summed E-state index contributed by atoms with van der Waals surface area (Å²) >= 11 is 0. The Labute approximate surface area is 178 Å². The Balaban J connectivity index is 1.37. The Morgan fingerprint density at radius 2 is 1.67 bits per heavy atom. The fourth-order valence-corrected chi connectivity index (χ4v) is 4.44. The van der Waals surface area contributed by atoms with Crippen LogP contribution >= 0.6 is 0 Å². The monoisotopic (exact) mass is 402 g/mol. The molecule has 0 aromatic heterocycles. The van der Waals surface area contributed by atoms with E-state index < -0.39 is 11.6 Å². The highest BCUT2D eigenvalue weighted by atomic mass is 19.2. The van der Waals surface area contributed by atoms with Crippen LogP contribution in [0.1, 0.15) is 68.1 Å². The van der Waals surface area contributed by atoms with Crippen LogP contribution in [0.5, 0.6) is 0 Å². The summed E-state index contributed by atoms with van der Waals surface area (Å²) in [6.45, 7) is 2.23. The van der Waals surface area contributed by atoms with E-state index in [1.54, 1.807) is 18.2 Å². The van der Waals surface area contributed by atoms with E-state index in [1.807, 2.05) is 6.07 Å². The van der Waals surface area contributed by atoms with Crippen LogP contribution < -0.4 is 0 Å². The lowest BCUT2D eigenvalue weighted by Gasteiger charge is -2.26. The van der Waals surface area contributed by atoms with Crippen LogP contribution in [-0.4, -0.2) is 0 Å². The quantitative estimate of drug-likeness (QED) is 0.391. The molecule has 0 bridgehead atoms. The Morgan fingerprint density at radius 3 is 2.40 bits per heavy atom. The standard InChI is InChI=1S/C28H28F2/c1-2-3-4-20-7-12-23(13-8-20)24-14-9-21(10-15-24)5-6-22-11-17-26-25(19-22)16-18-27(29)28(26)30/h7-8,11-13,16-19,21,24H,2-4,9-10,14-15H2,1H3. The summed E-state index contributed by atoms with van der Waals surface area (Å²) in [5.41, 5.74) is 3.77. The average molecular weight is 403 g/mol. The van der Waals surface area contributed by atoms with E-state index in [0.29, 0.717) is 22.6 Å². The zero-order chi connectivity index (χ0) is 20.9. The second-order valence-corrected chi connectivity index (χ2v) is 8.46. The first kappa shape index (κ1) is 20.6. The first-order chi connectivity index (χ1) is 14.6. The molecule has 1 aliphatic carbocycles. The lowest BCUT2D eigenvalue weighted by molar-refractivity contribution is 0.384. The van der Waals surface area contributed by atoms with Gasteiger partial charge in [0.1, 0.15) is 0 Å². The molecule has 1 fully saturated rings. The van der Waals surface area contributed by atoms with E-state index in [2.05, 4.69) is 43.0 Å². The van der Waals surface area contributed by atoms with Crippen molar-refractivity contribution >= 4 is 10.8 Å². The van der Waals surface area contributed by atoms with Crippen LogP contribution in [0, 0.1) is 29.4 Å². The smallest absolute Gasteiger partial charge is 0.166 e. The zero-order valence-corrected chi connectivity index (χ0v) is 17.6. The molecule has 0 heterocycles. The number of aryl methyl sites for hydroxylation is 1. The Hall–Kier alpha value is -2.66. The molecule has 3 aromatic rings. The van der Waals surface area contributed by atoms with Gasteiger partial charge < -0.3 is 0 Å². The Kier molecular flexibility index (Phi) is 6.48. The second-order valence-electron chi connectivity index (χ2n) is 8.46. The molecular weight excluding hydrogens is 374 g/mol. The van der Waals surface area contributed by atoms with E-state index >= 15 is 0 Å². The van der Waals surface area contributed by atoms with Gasteiger partial charge in [0, 0.05) is 16.9 Å². The Morgan fingerprint density at radius 1 is 0.900 bits per heavy atom. The molecule has 0 aliphatic heterocycles. The molecule has 0 nitrogen and oxygen atoms in total. The van der Waals surface area contributed by atoms with Crippen molar-refractivity contribution in [2.75, 3.05) is 0 Å². The van der Waals surface area contributed by atoms with Gasteiger partial charge in [0.15, 0.2) is 11.6 Å². The van der Waals surface area contributed by atoms with Crippen molar-refractivity contribution in [1.82, 2.24) is 0 Å². The van der Waals surface area contributed by atoms with Crippen molar-refractivity contribution in [3.8, 4) is 11.8 Å². The predicted molar refractivity (Wildman–Crippen MR) is 120 cm³/mol. The molecule has 3 aromatic carbocycles. The fraction of sp³-hybridized carbons (Fsp3) is 0.357. The largest absolute Gasteiger partial charge is 0.204 e. The number of fused-ring (bicyclic) bond motifs is 1. The van der Waals surface area contributed by atoms with Crippen LogP contribution in [0.4, 0.5) is 8.78 Å². The van der Waals surface area contributed by atoms with Crippen LogP contribution in [0.25, 0.3) is 10.8 Å². The predicted octanol–water partition coefficient (Wildman–Crippen LogP) is 7.79. The van der Waals surface area contributed by atoms with E-state index in [1.165, 1.54) is 49.3 Å². The molecule has 2 heteroatoms. The number of hydrogen-bond donors (Lipinski definition) is 0. The first-order valence-electron chi connectivity index (χ1n) is 11.1. The summed E-state index contributed by atoms with van der Waals surface area (Å²) in [6, 6.07) is 17.3. The van der Waals surface area contributed by atoms with Gasteiger partial charge in [0.25, 0.3) is 0 Å². The van der Waals surface area contributed by atoms with Gasteiger partial charge in [-0.05, 0) is 79.2 Å². The minimum absolute atomic E-state index is 0.307. The highest BCUT2D eigenvalue weighted by Gasteiger charge is 2.21. The highest BCUT2D eigenvalue weighted by Crippen LogP contribution is 2.35. The summed E-state index contributed by atoms with van der Waals surface area (Å²) in [6.07, 6.45) is 8.25. The van der Waals surface area contributed by atoms with Crippen LogP contribution in [0.15, 0.2) is 54.6 Å². The van der Waals surface area contributed by atoms with Crippen molar-refractivity contribution < 1.29 is 8.78 Å². The summed E-state index contributed by atoms with van der Waals surface area (Å²) < 4.78 is 27.2. The van der Waals surface area contributed by atoms with Crippen LogP contribution in [0.3, 0.4) is 0 Å². The summed E-state index contributed by atoms with van der Waals surface area (Å²) in [4.78, 5) is 0. The molecule has 0 saturated heterocycles. The van der Waals surface area contributed by atoms with Gasteiger partial charge in [-0.3, -0.25) is 0 Å². The van der Waals surface area contributed by atoms with Crippen molar-refractivity contribution in [2.45, 2.75) is 57.8 Å². The maximum Gasteiger partial charge on any atom is 0.166 e. The summed E-state index contributed by atoms with van der Waals surface area (Å²) in [5, 5.41) is 0.994. The number of unbranched alkanes of at least 4 members (excludes halogenated alkanes) is 1. The van der Waals surface area contributed by atoms with Gasteiger partial charge in [-0.25, -0.2) is 8.78 Å². The second kappa shape index (κ2) is 9.43. The van der Waals surface area contributed by atoms with E-state index in [9.17, 15) is 8.78 Å². The zero-order valence-electron chi connectivity index (χ0n) is 17.6. The van der Waals surface area contributed by atoms with Gasteiger partial charge in [-0.1, -0.05) is 61.6 Å². The molecule has 0 amide bonds. The SMILES string of the molecule is CCCCc1ccc(C2CCC(C#Cc3ccc4c(F)c(F)ccc4c3)CC2)cc1. The minimum atomic E-state index is -0.811. The molecule has 1 saturated carbocycles. The van der Waals surface area contributed by atoms with E-state index in [0.717, 1.165) is 18.4 Å². The molecule has 0 atom stereocenters. The lowest BCUT2D eigenvalue weighted by Crippen LogP contribution is -2.12. The first-order valence-corrected chi connectivity index (χ1v) is 11.1. The van der Waals surface area contributed by atoms with Gasteiger partial charge in [0.05, 0.1) is 0 Å². The van der Waals surface area contributed by atoms with E-state index in [-0.39, 0.29) is 0 Å². The third kappa shape index (κ3) is 4.73. The number of rotatable bonds is 4. The molecule has 4 rings (SSSR count). The van der Waals surface area contributed by atoms with Crippen LogP contribution in [-0.2, 0) is 6.42 Å². The average Bonchev–Trinajstić information content (AvgIpc) is 2.79. The third-order valence-corrected chi connectivity index (χ3v) is 6.32. The minimum Gasteiger partial charge on any atom is -0.204 e. The van der Waals surface area contributed by atoms with Gasteiger partial charge >= 0.3 is 0 Å². The molecule has 30 heavy (non-hydrogen) atoms. The van der Waals surface area contributed by atoms with Crippen molar-refractivity contribution in [3.63, 3.8) is 0 Å². The fourth-order valence-electron chi connectivity index (χ4n) is 4.44. The van der Waals surface area contributed by atoms with Crippen molar-refractivity contribution in [2.24, 2.45) is 5.92 Å². The molecule has 1 aliphatic rings. The number of benzene rings is 3. The third-order valence-electron chi connectivity index (χ3n) is 6.32. The van der Waals surface area contributed by atoms with E-state index in [4.69, 9.17) is 0 Å². The van der Waals surface area contributed by atoms with Crippen molar-refractivity contribution in [1.29, 1.82) is 0 Å². The molecule has 0 N–H and O–H groups in total. The van der Waals surface area contributed by atoms with Crippen LogP contribution in [0.2, 0.25) is 0 Å². The van der Waals surface area contributed by atoms with Gasteiger partial charge in [-0.2, -0.15) is 0 Å². The molecule has 0 unspecified atom stereocenters. The number of hydrogen-bond acceptors (Lipinski definition) is 0. The topological polar surface area (TPSA) is 0 Å². The molecule has 154 valence electrons. The molecular formula is C28H28F2. The van der Waals surface area contributed by atoms with Crippen molar-refractivity contribution in [3.05, 3.63) is 82.9 Å². The number of halogens is 2. The van der Waals surface area contributed by atoms with Gasteiger partial charge in [-0.15, -0.1) is 0 Å². The Bertz CT molecular complexity index is 1060. The van der Waals surface area contributed by atoms with Gasteiger partial charge in [0.2, 0.25) is 0 Å². The highest BCUT2D eigenvalue weighted by molar-refractivity contribution is 5.84. The maximum atomic E-state index is 13.8.